The van der Waals surface area contributed by atoms with Crippen molar-refractivity contribution in [1.29, 1.82) is 0 Å². The highest BCUT2D eigenvalue weighted by atomic mass is 79.9. The Kier molecular flexibility index (Phi) is 6.33. The van der Waals surface area contributed by atoms with E-state index in [0.717, 1.165) is 37.3 Å². The van der Waals surface area contributed by atoms with E-state index in [0.29, 0.717) is 16.9 Å². The molecule has 2 nitrogen and oxygen atoms in total. The van der Waals surface area contributed by atoms with E-state index in [4.69, 9.17) is 5.73 Å². The smallest absolute Gasteiger partial charge is 0.370 e. The molecule has 0 saturated heterocycles. The van der Waals surface area contributed by atoms with Crippen LogP contribution in [0, 0.1) is 5.92 Å². The quantitative estimate of drug-likeness (QED) is 0.827. The topological polar surface area (TPSA) is 29.3 Å². The molecular formula is C14H20BrF3N2. The van der Waals surface area contributed by atoms with Crippen molar-refractivity contribution >= 4 is 21.6 Å². The van der Waals surface area contributed by atoms with Crippen molar-refractivity contribution in [3.8, 4) is 0 Å². The van der Waals surface area contributed by atoms with Gasteiger partial charge in [0.25, 0.3) is 0 Å². The van der Waals surface area contributed by atoms with Gasteiger partial charge in [-0.2, -0.15) is 13.2 Å². The minimum absolute atomic E-state index is 0.418. The average molecular weight is 353 g/mol. The van der Waals surface area contributed by atoms with Crippen molar-refractivity contribution in [2.75, 3.05) is 24.5 Å². The highest BCUT2D eigenvalue weighted by Crippen LogP contribution is 2.35. The summed E-state index contributed by atoms with van der Waals surface area (Å²) < 4.78 is 38.5. The summed E-state index contributed by atoms with van der Waals surface area (Å²) in [5.41, 5.74) is 5.65. The Morgan fingerprint density at radius 1 is 1.30 bits per heavy atom. The summed E-state index contributed by atoms with van der Waals surface area (Å²) in [5, 5.41) is 0. The van der Waals surface area contributed by atoms with Crippen LogP contribution in [0.4, 0.5) is 18.9 Å². The normalized spacial score (nSPS) is 12.0. The Labute approximate surface area is 126 Å². The third-order valence-corrected chi connectivity index (χ3v) is 3.47. The van der Waals surface area contributed by atoms with Gasteiger partial charge in [-0.1, -0.05) is 13.8 Å². The van der Waals surface area contributed by atoms with Gasteiger partial charge in [-0.25, -0.2) is 0 Å². The molecule has 0 amide bonds. The molecule has 0 aliphatic rings. The van der Waals surface area contributed by atoms with Crippen LogP contribution in [-0.4, -0.2) is 19.6 Å². The fourth-order valence-electron chi connectivity index (χ4n) is 1.97. The van der Waals surface area contributed by atoms with Crippen LogP contribution in [0.25, 0.3) is 0 Å². The highest BCUT2D eigenvalue weighted by molar-refractivity contribution is 9.10. The van der Waals surface area contributed by atoms with Gasteiger partial charge in [0.2, 0.25) is 0 Å². The molecule has 20 heavy (non-hydrogen) atoms. The summed E-state index contributed by atoms with van der Waals surface area (Å²) in [7, 11) is 0. The van der Waals surface area contributed by atoms with Crippen molar-refractivity contribution in [2.45, 2.75) is 26.4 Å². The molecule has 0 unspecified atom stereocenters. The van der Waals surface area contributed by atoms with Crippen molar-refractivity contribution < 1.29 is 13.2 Å². The molecular weight excluding hydrogens is 333 g/mol. The predicted molar refractivity (Wildman–Crippen MR) is 79.9 cm³/mol. The molecule has 0 spiro atoms. The second-order valence-corrected chi connectivity index (χ2v) is 6.00. The van der Waals surface area contributed by atoms with Crippen LogP contribution >= 0.6 is 15.9 Å². The molecule has 1 aromatic carbocycles. The zero-order valence-corrected chi connectivity index (χ0v) is 13.3. The predicted octanol–water partition coefficient (Wildman–Crippen LogP) is 4.28. The van der Waals surface area contributed by atoms with Gasteiger partial charge in [0.15, 0.2) is 0 Å². The molecule has 0 aromatic heterocycles. The summed E-state index contributed by atoms with van der Waals surface area (Å²) >= 11 is 3.25. The van der Waals surface area contributed by atoms with Gasteiger partial charge in [-0.3, -0.25) is 0 Å². The van der Waals surface area contributed by atoms with E-state index in [2.05, 4.69) is 34.7 Å². The van der Waals surface area contributed by atoms with Gasteiger partial charge in [0.05, 0.1) is 11.3 Å². The molecule has 1 aromatic rings. The molecule has 114 valence electrons. The number of nitrogens with two attached hydrogens (primary N) is 1. The lowest BCUT2D eigenvalue weighted by atomic mass is 10.1. The van der Waals surface area contributed by atoms with Gasteiger partial charge in [-0.05, 0) is 53.0 Å². The standard InChI is InChI=1S/C14H20BrF3N2/c1-10(2)9-20(7-3-6-19)13-5-4-11(8-12(13)15)14(16,17)18/h4-5,8,10H,3,6-7,9,19H2,1-2H3. The Balaban J connectivity index is 3.01. The summed E-state index contributed by atoms with van der Waals surface area (Å²) in [5.74, 6) is 0.418. The number of anilines is 1. The number of rotatable bonds is 6. The van der Waals surface area contributed by atoms with Gasteiger partial charge < -0.3 is 10.6 Å². The van der Waals surface area contributed by atoms with Crippen LogP contribution in [0.2, 0.25) is 0 Å². The first-order valence-electron chi connectivity index (χ1n) is 6.57. The Bertz CT molecular complexity index is 433. The Morgan fingerprint density at radius 3 is 2.40 bits per heavy atom. The second-order valence-electron chi connectivity index (χ2n) is 5.15. The number of alkyl halides is 3. The molecule has 0 saturated carbocycles. The maximum atomic E-state index is 12.7. The monoisotopic (exact) mass is 352 g/mol. The third kappa shape index (κ3) is 4.98. The first-order valence-corrected chi connectivity index (χ1v) is 7.36. The summed E-state index contributed by atoms with van der Waals surface area (Å²) in [6.07, 6.45) is -3.51. The molecule has 0 aliphatic heterocycles. The minimum Gasteiger partial charge on any atom is -0.370 e. The first kappa shape index (κ1) is 17.3. The Morgan fingerprint density at radius 2 is 1.95 bits per heavy atom. The van der Waals surface area contributed by atoms with Crippen LogP contribution in [0.1, 0.15) is 25.8 Å². The van der Waals surface area contributed by atoms with Crippen molar-refractivity contribution in [3.63, 3.8) is 0 Å². The van der Waals surface area contributed by atoms with Gasteiger partial charge in [0, 0.05) is 17.6 Å². The van der Waals surface area contributed by atoms with Gasteiger partial charge in [-0.15, -0.1) is 0 Å². The van der Waals surface area contributed by atoms with Crippen LogP contribution in [0.5, 0.6) is 0 Å². The maximum absolute atomic E-state index is 12.7. The van der Waals surface area contributed by atoms with E-state index in [-0.39, 0.29) is 0 Å². The molecule has 0 aliphatic carbocycles. The van der Waals surface area contributed by atoms with Crippen LogP contribution < -0.4 is 10.6 Å². The number of halogens is 4. The molecule has 0 bridgehead atoms. The molecule has 6 heteroatoms. The van der Waals surface area contributed by atoms with E-state index >= 15 is 0 Å². The fourth-order valence-corrected chi connectivity index (χ4v) is 2.60. The lowest BCUT2D eigenvalue weighted by Gasteiger charge is -2.28. The fraction of sp³-hybridized carbons (Fsp3) is 0.571. The first-order chi connectivity index (χ1) is 9.25. The number of hydrogen-bond donors (Lipinski definition) is 1. The van der Waals surface area contributed by atoms with Crippen LogP contribution in [-0.2, 0) is 6.18 Å². The van der Waals surface area contributed by atoms with Crippen LogP contribution in [0.15, 0.2) is 22.7 Å². The van der Waals surface area contributed by atoms with Gasteiger partial charge in [0.1, 0.15) is 0 Å². The SMILES string of the molecule is CC(C)CN(CCCN)c1ccc(C(F)(F)F)cc1Br. The van der Waals surface area contributed by atoms with E-state index in [1.165, 1.54) is 6.07 Å². The van der Waals surface area contributed by atoms with Gasteiger partial charge >= 0.3 is 6.18 Å². The summed E-state index contributed by atoms with van der Waals surface area (Å²) in [6, 6.07) is 3.77. The molecule has 2 N–H and O–H groups in total. The van der Waals surface area contributed by atoms with E-state index in [1.54, 1.807) is 0 Å². The van der Waals surface area contributed by atoms with E-state index in [9.17, 15) is 13.2 Å². The largest absolute Gasteiger partial charge is 0.416 e. The van der Waals surface area contributed by atoms with E-state index < -0.39 is 11.7 Å². The van der Waals surface area contributed by atoms with Crippen molar-refractivity contribution in [2.24, 2.45) is 11.7 Å². The minimum atomic E-state index is -4.32. The molecule has 0 atom stereocenters. The lowest BCUT2D eigenvalue weighted by Crippen LogP contribution is -2.30. The molecule has 0 radical (unpaired) electrons. The summed E-state index contributed by atoms with van der Waals surface area (Å²) in [4.78, 5) is 2.07. The third-order valence-electron chi connectivity index (χ3n) is 2.83. The number of nitrogens with zero attached hydrogens (tertiary/aromatic N) is 1. The van der Waals surface area contributed by atoms with Crippen molar-refractivity contribution in [3.05, 3.63) is 28.2 Å². The van der Waals surface area contributed by atoms with E-state index in [1.807, 2.05) is 0 Å². The van der Waals surface area contributed by atoms with Crippen molar-refractivity contribution in [1.82, 2.24) is 0 Å². The number of hydrogen-bond acceptors (Lipinski definition) is 2. The zero-order valence-electron chi connectivity index (χ0n) is 11.7. The molecule has 1 rings (SSSR count). The highest BCUT2D eigenvalue weighted by Gasteiger charge is 2.31. The maximum Gasteiger partial charge on any atom is 0.416 e. The lowest BCUT2D eigenvalue weighted by molar-refractivity contribution is -0.137. The number of benzene rings is 1. The second kappa shape index (κ2) is 7.31. The zero-order chi connectivity index (χ0) is 15.3. The molecule has 0 heterocycles. The molecule has 0 fully saturated rings. The average Bonchev–Trinajstić information content (AvgIpc) is 2.33. The Hall–Kier alpha value is -0.750. The summed E-state index contributed by atoms with van der Waals surface area (Å²) in [6.45, 7) is 6.23. The van der Waals surface area contributed by atoms with Crippen LogP contribution in [0.3, 0.4) is 0 Å².